The van der Waals surface area contributed by atoms with Crippen LogP contribution in [0.25, 0.3) is 83.9 Å². The summed E-state index contributed by atoms with van der Waals surface area (Å²) in [6.45, 7) is 0. The first kappa shape index (κ1) is 35.4. The molecule has 0 radical (unpaired) electrons. The van der Waals surface area contributed by atoms with Crippen molar-refractivity contribution in [1.29, 1.82) is 0 Å². The van der Waals surface area contributed by atoms with E-state index in [9.17, 15) is 0 Å². The molecular weight excluding hydrogens is 769 g/mol. The van der Waals surface area contributed by atoms with Crippen molar-refractivity contribution in [3.8, 4) is 73.6 Å². The van der Waals surface area contributed by atoms with Crippen molar-refractivity contribution in [3.63, 3.8) is 0 Å². The van der Waals surface area contributed by atoms with Gasteiger partial charge in [0.2, 0.25) is 0 Å². The van der Waals surface area contributed by atoms with Gasteiger partial charge in [0, 0.05) is 44.3 Å². The van der Waals surface area contributed by atoms with Crippen LogP contribution in [0.4, 0.5) is 0 Å². The van der Waals surface area contributed by atoms with E-state index >= 15 is 0 Å². The largest absolute Gasteiger partial charge is 0.457 e. The van der Waals surface area contributed by atoms with Crippen LogP contribution in [0, 0.1) is 0 Å². The van der Waals surface area contributed by atoms with E-state index in [1.54, 1.807) is 0 Å². The number of fused-ring (bicyclic) bond motifs is 12. The van der Waals surface area contributed by atoms with Gasteiger partial charge in [0.1, 0.15) is 11.5 Å². The predicted molar refractivity (Wildman–Crippen MR) is 253 cm³/mol. The molecule has 13 rings (SSSR count). The van der Waals surface area contributed by atoms with E-state index in [-0.39, 0.29) is 0 Å². The van der Waals surface area contributed by atoms with E-state index in [4.69, 9.17) is 19.7 Å². The van der Waals surface area contributed by atoms with Crippen LogP contribution in [0.3, 0.4) is 0 Å². The molecule has 0 atom stereocenters. The molecule has 3 heterocycles. The average molecular weight is 805 g/mol. The van der Waals surface area contributed by atoms with Gasteiger partial charge >= 0.3 is 0 Å². The third-order valence-electron chi connectivity index (χ3n) is 12.9. The summed E-state index contributed by atoms with van der Waals surface area (Å²) in [6.07, 6.45) is 0. The van der Waals surface area contributed by atoms with E-state index in [1.807, 2.05) is 60.7 Å². The lowest BCUT2D eigenvalue weighted by Crippen LogP contribution is -2.32. The Bertz CT molecular complexity index is 3490. The summed E-state index contributed by atoms with van der Waals surface area (Å²) in [5, 5.41) is 2.27. The van der Waals surface area contributed by atoms with Gasteiger partial charge < -0.3 is 9.30 Å². The molecule has 0 saturated heterocycles. The minimum atomic E-state index is -0.544. The Morgan fingerprint density at radius 3 is 1.40 bits per heavy atom. The molecule has 2 aliphatic rings. The number of nitrogens with zero attached hydrogens (tertiary/aromatic N) is 4. The molecular formula is C58H36N4O. The van der Waals surface area contributed by atoms with Crippen molar-refractivity contribution in [3.05, 3.63) is 241 Å². The minimum absolute atomic E-state index is 0.544. The van der Waals surface area contributed by atoms with Crippen LogP contribution >= 0.6 is 0 Å². The van der Waals surface area contributed by atoms with Crippen LogP contribution in [-0.2, 0) is 5.41 Å². The zero-order valence-corrected chi connectivity index (χ0v) is 34.0. The summed E-state index contributed by atoms with van der Waals surface area (Å²) in [4.78, 5) is 15.2. The number of ether oxygens (including phenoxy) is 1. The number of para-hydroxylation sites is 3. The van der Waals surface area contributed by atoms with Crippen molar-refractivity contribution in [1.82, 2.24) is 19.5 Å². The van der Waals surface area contributed by atoms with Crippen LogP contribution in [0.1, 0.15) is 22.3 Å². The second-order valence-electron chi connectivity index (χ2n) is 16.3. The highest BCUT2D eigenvalue weighted by molar-refractivity contribution is 6.11. The maximum atomic E-state index is 6.62. The summed E-state index contributed by atoms with van der Waals surface area (Å²) < 4.78 is 8.98. The van der Waals surface area contributed by atoms with Crippen LogP contribution in [0.2, 0.25) is 0 Å². The third-order valence-corrected chi connectivity index (χ3v) is 12.9. The monoisotopic (exact) mass is 804 g/mol. The van der Waals surface area contributed by atoms with Gasteiger partial charge in [0.25, 0.3) is 0 Å². The smallest absolute Gasteiger partial charge is 0.164 e. The highest BCUT2D eigenvalue weighted by Crippen LogP contribution is 2.62. The van der Waals surface area contributed by atoms with Crippen molar-refractivity contribution < 1.29 is 4.74 Å². The van der Waals surface area contributed by atoms with Crippen LogP contribution < -0.4 is 4.74 Å². The fourth-order valence-electron chi connectivity index (χ4n) is 10.2. The number of hydrogen-bond donors (Lipinski definition) is 0. The Kier molecular flexibility index (Phi) is 7.75. The maximum absolute atomic E-state index is 6.62. The highest BCUT2D eigenvalue weighted by Gasteiger charge is 2.51. The van der Waals surface area contributed by atoms with Crippen molar-refractivity contribution in [2.45, 2.75) is 5.41 Å². The van der Waals surface area contributed by atoms with Crippen LogP contribution in [-0.4, -0.2) is 19.5 Å². The molecule has 1 spiro atoms. The average Bonchev–Trinajstić information content (AvgIpc) is 3.84. The number of hydrogen-bond acceptors (Lipinski definition) is 4. The first-order valence-electron chi connectivity index (χ1n) is 21.3. The zero-order chi connectivity index (χ0) is 41.5. The van der Waals surface area contributed by atoms with Crippen LogP contribution in [0.5, 0.6) is 11.5 Å². The topological polar surface area (TPSA) is 52.8 Å². The predicted octanol–water partition coefficient (Wildman–Crippen LogP) is 14.1. The van der Waals surface area contributed by atoms with Gasteiger partial charge in [-0.15, -0.1) is 0 Å². The molecule has 0 bridgehead atoms. The number of benzene rings is 9. The molecule has 0 amide bonds. The Balaban J connectivity index is 1.03. The van der Waals surface area contributed by atoms with E-state index in [0.717, 1.165) is 77.9 Å². The SMILES string of the molecule is c1ccc(-c2nc(-c3ccccc3)nc(-c3ccc4c(c3)c3cc(-c5ccc6c(c5)C5(c7ccccc7Oc7ccccc75)c5ccccc5-6)ccc3n4-c3ccccc3)n2)cc1. The molecule has 0 saturated carbocycles. The molecule has 0 N–H and O–H groups in total. The van der Waals surface area contributed by atoms with E-state index < -0.39 is 5.41 Å². The first-order chi connectivity index (χ1) is 31.2. The Labute approximate surface area is 364 Å². The summed E-state index contributed by atoms with van der Waals surface area (Å²) in [7, 11) is 0. The molecule has 5 heteroatoms. The normalized spacial score (nSPS) is 13.0. The lowest BCUT2D eigenvalue weighted by Gasteiger charge is -2.39. The highest BCUT2D eigenvalue weighted by atomic mass is 16.5. The minimum Gasteiger partial charge on any atom is -0.457 e. The number of rotatable bonds is 5. The second kappa shape index (κ2) is 13.8. The Morgan fingerprint density at radius 2 is 0.778 bits per heavy atom. The van der Waals surface area contributed by atoms with Gasteiger partial charge in [-0.2, -0.15) is 0 Å². The Hall–Kier alpha value is -8.41. The molecule has 1 aliphatic heterocycles. The van der Waals surface area contributed by atoms with Gasteiger partial charge in [0.05, 0.1) is 16.4 Å². The fraction of sp³-hybridized carbons (Fsp3) is 0.0172. The molecule has 9 aromatic carbocycles. The fourth-order valence-corrected chi connectivity index (χ4v) is 10.2. The van der Waals surface area contributed by atoms with Gasteiger partial charge in [0.15, 0.2) is 17.5 Å². The zero-order valence-electron chi connectivity index (χ0n) is 34.0. The van der Waals surface area contributed by atoms with Crippen molar-refractivity contribution in [2.75, 3.05) is 0 Å². The molecule has 0 fully saturated rings. The van der Waals surface area contributed by atoms with E-state index in [1.165, 1.54) is 22.3 Å². The molecule has 2 aromatic heterocycles. The molecule has 0 unspecified atom stereocenters. The molecule has 1 aliphatic carbocycles. The first-order valence-corrected chi connectivity index (χ1v) is 21.3. The van der Waals surface area contributed by atoms with Gasteiger partial charge in [-0.3, -0.25) is 0 Å². The molecule has 294 valence electrons. The maximum Gasteiger partial charge on any atom is 0.164 e. The summed E-state index contributed by atoms with van der Waals surface area (Å²) >= 11 is 0. The molecule has 11 aromatic rings. The lowest BCUT2D eigenvalue weighted by atomic mass is 9.66. The van der Waals surface area contributed by atoms with Crippen molar-refractivity contribution in [2.24, 2.45) is 0 Å². The third kappa shape index (κ3) is 5.33. The van der Waals surface area contributed by atoms with E-state index in [0.29, 0.717) is 17.5 Å². The van der Waals surface area contributed by atoms with Gasteiger partial charge in [-0.25, -0.2) is 15.0 Å². The lowest BCUT2D eigenvalue weighted by molar-refractivity contribution is 0.436. The van der Waals surface area contributed by atoms with Gasteiger partial charge in [-0.05, 0) is 94.0 Å². The van der Waals surface area contributed by atoms with Crippen molar-refractivity contribution >= 4 is 21.8 Å². The number of aromatic nitrogens is 4. The van der Waals surface area contributed by atoms with Gasteiger partial charge in [-0.1, -0.05) is 158 Å². The summed E-state index contributed by atoms with van der Waals surface area (Å²) in [5.41, 5.74) is 15.2. The standard InChI is InChI=1S/C58H36N4O/c1-4-16-37(17-5-1)55-59-56(38-18-6-2-7-19-38)61-57(60-55)41-30-33-52-46(35-41)45-34-39(29-32-51(45)62(52)42-20-8-3-9-21-42)40-28-31-44-43-22-10-11-23-47(43)58(50(44)36-40)48-24-12-14-26-53(48)63-54-27-15-13-25-49(54)58/h1-36H. The summed E-state index contributed by atoms with van der Waals surface area (Å²) in [5.74, 6) is 3.68. The second-order valence-corrected chi connectivity index (χ2v) is 16.3. The quantitative estimate of drug-likeness (QED) is 0.174. The molecule has 5 nitrogen and oxygen atoms in total. The van der Waals surface area contributed by atoms with Crippen LogP contribution in [0.15, 0.2) is 218 Å². The van der Waals surface area contributed by atoms with E-state index in [2.05, 4.69) is 162 Å². The summed E-state index contributed by atoms with van der Waals surface area (Å²) in [6, 6.07) is 77.4. The Morgan fingerprint density at radius 1 is 0.333 bits per heavy atom. The molecule has 63 heavy (non-hydrogen) atoms.